The Bertz CT molecular complexity index is 1440. The minimum absolute atomic E-state index is 0.250. The molecule has 9 heteroatoms. The number of carbonyl (C=O) groups excluding carboxylic acids is 1. The summed E-state index contributed by atoms with van der Waals surface area (Å²) in [5.74, 6) is -0.517. The summed E-state index contributed by atoms with van der Waals surface area (Å²) in [5, 5.41) is 4.56. The molecule has 0 N–H and O–H groups in total. The van der Waals surface area contributed by atoms with Crippen molar-refractivity contribution in [1.29, 1.82) is 0 Å². The van der Waals surface area contributed by atoms with E-state index in [9.17, 15) is 14.0 Å². The van der Waals surface area contributed by atoms with Gasteiger partial charge in [-0.05, 0) is 63.6 Å². The maximum atomic E-state index is 13.7. The standard InChI is InChI=1S/C26H27FN4O4/c1-5-9-22(26(33)34-6-2)35-21-12-8-13-30-24(21)28-17(4)23(25(30)32)20-14-16(3)31(29-20)19-11-7-10-18(27)15-19/h7-8,10-15,22H,5-6,9H2,1-4H3/t22-/m0/s1. The van der Waals surface area contributed by atoms with Crippen molar-refractivity contribution in [3.05, 3.63) is 76.2 Å². The van der Waals surface area contributed by atoms with Crippen LogP contribution in [0.1, 0.15) is 38.1 Å². The largest absolute Gasteiger partial charge is 0.475 e. The maximum Gasteiger partial charge on any atom is 0.347 e. The third-order valence-corrected chi connectivity index (χ3v) is 5.57. The Kier molecular flexibility index (Phi) is 6.95. The van der Waals surface area contributed by atoms with Crippen LogP contribution in [0.15, 0.2) is 53.5 Å². The van der Waals surface area contributed by atoms with E-state index in [1.54, 1.807) is 55.1 Å². The van der Waals surface area contributed by atoms with Crippen LogP contribution in [0.25, 0.3) is 22.6 Å². The molecule has 4 aromatic rings. The number of aryl methyl sites for hydroxylation is 2. The van der Waals surface area contributed by atoms with Crippen LogP contribution in [0.5, 0.6) is 5.75 Å². The Labute approximate surface area is 202 Å². The zero-order valence-corrected chi connectivity index (χ0v) is 20.1. The first-order valence-electron chi connectivity index (χ1n) is 11.5. The van der Waals surface area contributed by atoms with Gasteiger partial charge < -0.3 is 9.47 Å². The summed E-state index contributed by atoms with van der Waals surface area (Å²) >= 11 is 0. The first kappa shape index (κ1) is 24.1. The van der Waals surface area contributed by atoms with E-state index in [2.05, 4.69) is 10.1 Å². The minimum atomic E-state index is -0.798. The molecule has 0 unspecified atom stereocenters. The van der Waals surface area contributed by atoms with Gasteiger partial charge in [-0.3, -0.25) is 9.20 Å². The van der Waals surface area contributed by atoms with Gasteiger partial charge in [0.1, 0.15) is 11.5 Å². The smallest absolute Gasteiger partial charge is 0.347 e. The Balaban J connectivity index is 1.78. The third kappa shape index (κ3) is 4.80. The zero-order chi connectivity index (χ0) is 25.1. The Morgan fingerprint density at radius 3 is 2.66 bits per heavy atom. The van der Waals surface area contributed by atoms with E-state index in [1.165, 1.54) is 16.5 Å². The molecule has 0 radical (unpaired) electrons. The van der Waals surface area contributed by atoms with Crippen LogP contribution in [0, 0.1) is 19.7 Å². The van der Waals surface area contributed by atoms with Gasteiger partial charge >= 0.3 is 5.97 Å². The number of aromatic nitrogens is 4. The van der Waals surface area contributed by atoms with E-state index in [-0.39, 0.29) is 18.0 Å². The van der Waals surface area contributed by atoms with Crippen LogP contribution in [-0.2, 0) is 9.53 Å². The second-order valence-electron chi connectivity index (χ2n) is 8.15. The fourth-order valence-electron chi connectivity index (χ4n) is 3.97. The molecule has 35 heavy (non-hydrogen) atoms. The van der Waals surface area contributed by atoms with Crippen LogP contribution in [0.2, 0.25) is 0 Å². The van der Waals surface area contributed by atoms with Crippen LogP contribution in [-0.4, -0.2) is 37.8 Å². The van der Waals surface area contributed by atoms with Gasteiger partial charge in [0.15, 0.2) is 17.5 Å². The molecule has 8 nitrogen and oxygen atoms in total. The van der Waals surface area contributed by atoms with Gasteiger partial charge in [-0.1, -0.05) is 19.4 Å². The van der Waals surface area contributed by atoms with Crippen molar-refractivity contribution in [3.8, 4) is 22.7 Å². The number of hydrogen-bond donors (Lipinski definition) is 0. The second-order valence-corrected chi connectivity index (χ2v) is 8.15. The molecule has 0 aliphatic rings. The molecule has 1 atom stereocenters. The van der Waals surface area contributed by atoms with Gasteiger partial charge in [-0.2, -0.15) is 5.10 Å². The SMILES string of the molecule is CCC[C@H](Oc1cccn2c(=O)c(-c3cc(C)n(-c4cccc(F)c4)n3)c(C)nc12)C(=O)OCC. The van der Waals surface area contributed by atoms with Gasteiger partial charge in [0, 0.05) is 11.9 Å². The van der Waals surface area contributed by atoms with E-state index in [1.807, 2.05) is 13.8 Å². The van der Waals surface area contributed by atoms with E-state index >= 15 is 0 Å². The Morgan fingerprint density at radius 2 is 1.94 bits per heavy atom. The number of nitrogens with zero attached hydrogens (tertiary/aromatic N) is 4. The molecule has 0 bridgehead atoms. The number of ether oxygens (including phenoxy) is 2. The predicted molar refractivity (Wildman–Crippen MR) is 129 cm³/mol. The van der Waals surface area contributed by atoms with E-state index in [0.29, 0.717) is 40.5 Å². The van der Waals surface area contributed by atoms with Crippen LogP contribution < -0.4 is 10.3 Å². The lowest BCUT2D eigenvalue weighted by atomic mass is 10.1. The number of rotatable bonds is 8. The molecule has 0 saturated carbocycles. The summed E-state index contributed by atoms with van der Waals surface area (Å²) < 4.78 is 27.8. The monoisotopic (exact) mass is 478 g/mol. The van der Waals surface area contributed by atoms with E-state index in [4.69, 9.17) is 9.47 Å². The number of esters is 1. The van der Waals surface area contributed by atoms with Crippen LogP contribution in [0.3, 0.4) is 0 Å². The predicted octanol–water partition coefficient (Wildman–Crippen LogP) is 4.41. The molecule has 4 rings (SSSR count). The molecule has 0 aliphatic heterocycles. The highest BCUT2D eigenvalue weighted by atomic mass is 19.1. The summed E-state index contributed by atoms with van der Waals surface area (Å²) in [6.45, 7) is 7.49. The molecule has 182 valence electrons. The molecule has 1 aromatic carbocycles. The van der Waals surface area contributed by atoms with Crippen molar-refractivity contribution in [2.45, 2.75) is 46.6 Å². The zero-order valence-electron chi connectivity index (χ0n) is 20.1. The highest BCUT2D eigenvalue weighted by Crippen LogP contribution is 2.25. The fraction of sp³-hybridized carbons (Fsp3) is 0.308. The molecular formula is C26H27FN4O4. The number of benzene rings is 1. The maximum absolute atomic E-state index is 13.7. The summed E-state index contributed by atoms with van der Waals surface area (Å²) in [7, 11) is 0. The van der Waals surface area contributed by atoms with Crippen molar-refractivity contribution in [1.82, 2.24) is 19.2 Å². The minimum Gasteiger partial charge on any atom is -0.475 e. The molecule has 3 aromatic heterocycles. The molecule has 0 aliphatic carbocycles. The average molecular weight is 479 g/mol. The lowest BCUT2D eigenvalue weighted by Crippen LogP contribution is -2.30. The van der Waals surface area contributed by atoms with Crippen molar-refractivity contribution < 1.29 is 18.7 Å². The third-order valence-electron chi connectivity index (χ3n) is 5.57. The molecular weight excluding hydrogens is 451 g/mol. The first-order valence-corrected chi connectivity index (χ1v) is 11.5. The number of hydrogen-bond acceptors (Lipinski definition) is 6. The summed E-state index contributed by atoms with van der Waals surface area (Å²) in [6, 6.07) is 11.2. The topological polar surface area (TPSA) is 87.7 Å². The van der Waals surface area contributed by atoms with Gasteiger partial charge in [-0.15, -0.1) is 0 Å². The lowest BCUT2D eigenvalue weighted by Gasteiger charge is -2.18. The summed E-state index contributed by atoms with van der Waals surface area (Å²) in [4.78, 5) is 30.5. The second kappa shape index (κ2) is 10.1. The van der Waals surface area contributed by atoms with Crippen LogP contribution >= 0.6 is 0 Å². The lowest BCUT2D eigenvalue weighted by molar-refractivity contribution is -0.151. The van der Waals surface area contributed by atoms with Crippen LogP contribution in [0.4, 0.5) is 4.39 Å². The Hall–Kier alpha value is -4.01. The summed E-state index contributed by atoms with van der Waals surface area (Å²) in [6.07, 6.45) is 1.99. The van der Waals surface area contributed by atoms with Crippen molar-refractivity contribution >= 4 is 11.6 Å². The fourth-order valence-corrected chi connectivity index (χ4v) is 3.97. The molecule has 3 heterocycles. The normalized spacial score (nSPS) is 12.0. The van der Waals surface area contributed by atoms with Gasteiger partial charge in [-0.25, -0.2) is 18.9 Å². The number of halogens is 1. The molecule has 0 spiro atoms. The van der Waals surface area contributed by atoms with Gasteiger partial charge in [0.05, 0.1) is 23.6 Å². The highest BCUT2D eigenvalue weighted by molar-refractivity contribution is 5.75. The highest BCUT2D eigenvalue weighted by Gasteiger charge is 2.24. The number of carbonyl (C=O) groups is 1. The quantitative estimate of drug-likeness (QED) is 0.349. The number of pyridine rings is 1. The van der Waals surface area contributed by atoms with Crippen molar-refractivity contribution in [3.63, 3.8) is 0 Å². The van der Waals surface area contributed by atoms with E-state index in [0.717, 1.165) is 12.1 Å². The van der Waals surface area contributed by atoms with Gasteiger partial charge in [0.2, 0.25) is 0 Å². The van der Waals surface area contributed by atoms with E-state index < -0.39 is 12.1 Å². The summed E-state index contributed by atoms with van der Waals surface area (Å²) in [5.41, 5.74) is 2.47. The number of fused-ring (bicyclic) bond motifs is 1. The van der Waals surface area contributed by atoms with Gasteiger partial charge in [0.25, 0.3) is 5.56 Å². The molecule has 0 fully saturated rings. The Morgan fingerprint density at radius 1 is 1.14 bits per heavy atom. The van der Waals surface area contributed by atoms with Crippen molar-refractivity contribution in [2.24, 2.45) is 0 Å². The van der Waals surface area contributed by atoms with Crippen molar-refractivity contribution in [2.75, 3.05) is 6.61 Å². The average Bonchev–Trinajstić information content (AvgIpc) is 3.20. The first-order chi connectivity index (χ1) is 16.8. The molecule has 0 amide bonds. The molecule has 0 saturated heterocycles.